The second-order valence-corrected chi connectivity index (χ2v) is 13.3. The second kappa shape index (κ2) is 12.3. The Morgan fingerprint density at radius 1 is 0.786 bits per heavy atom. The number of benzene rings is 2. The molecule has 0 heterocycles. The fraction of sp³-hybridized carbons (Fsp3) is 0.286. The summed E-state index contributed by atoms with van der Waals surface area (Å²) in [6, 6.07) is 21.3. The summed E-state index contributed by atoms with van der Waals surface area (Å²) in [6.07, 6.45) is 0. The van der Waals surface area contributed by atoms with Gasteiger partial charge in [0.2, 0.25) is 0 Å². The smallest absolute Gasteiger partial charge is 0.106 e. The average molecular weight is 480 g/mol. The third-order valence-electron chi connectivity index (χ3n) is 3.54. The van der Waals surface area contributed by atoms with Crippen LogP contribution in [0.15, 0.2) is 54.6 Å². The Hall–Kier alpha value is -0.490. The van der Waals surface area contributed by atoms with Crippen LogP contribution in [0.5, 0.6) is 0 Å². The Bertz CT molecular complexity index is 824. The Labute approximate surface area is 195 Å². The predicted octanol–water partition coefficient (Wildman–Crippen LogP) is 7.69. The molecular formula is C21H21NS6. The molecule has 28 heavy (non-hydrogen) atoms. The van der Waals surface area contributed by atoms with Crippen molar-refractivity contribution in [2.45, 2.75) is 35.9 Å². The molecule has 2 aromatic carbocycles. The lowest BCUT2D eigenvalue weighted by atomic mass is 10.2. The number of nitrogens with zero attached hydrogens (tertiary/aromatic N) is 1. The number of rotatable bonds is 7. The molecule has 0 unspecified atom stereocenters. The van der Waals surface area contributed by atoms with Crippen LogP contribution in [-0.4, -0.2) is 11.8 Å². The molecule has 0 fully saturated rings. The van der Waals surface area contributed by atoms with Crippen LogP contribution in [0.1, 0.15) is 30.5 Å². The van der Waals surface area contributed by atoms with Gasteiger partial charge in [0.25, 0.3) is 0 Å². The SMILES string of the molecule is CC(C)(C#N)SC(=S)SCc1ccc(CSC(=S)SCc2ccccc2)cc1. The zero-order valence-electron chi connectivity index (χ0n) is 15.7. The van der Waals surface area contributed by atoms with Crippen molar-refractivity contribution in [1.29, 1.82) is 5.26 Å². The Morgan fingerprint density at radius 3 is 1.68 bits per heavy atom. The molecule has 7 heteroatoms. The quantitative estimate of drug-likeness (QED) is 0.375. The maximum atomic E-state index is 9.09. The van der Waals surface area contributed by atoms with E-state index in [1.807, 2.05) is 19.9 Å². The van der Waals surface area contributed by atoms with Crippen molar-refractivity contribution in [1.82, 2.24) is 0 Å². The van der Waals surface area contributed by atoms with Gasteiger partial charge in [0.1, 0.15) is 11.8 Å². The molecule has 0 aliphatic heterocycles. The average Bonchev–Trinajstić information content (AvgIpc) is 2.70. The van der Waals surface area contributed by atoms with E-state index in [-0.39, 0.29) is 0 Å². The van der Waals surface area contributed by atoms with Crippen LogP contribution in [0.2, 0.25) is 0 Å². The van der Waals surface area contributed by atoms with Crippen LogP contribution in [0.25, 0.3) is 0 Å². The van der Waals surface area contributed by atoms with Crippen molar-refractivity contribution >= 4 is 78.5 Å². The molecule has 1 nitrogen and oxygen atoms in total. The Kier molecular flexibility index (Phi) is 10.4. The van der Waals surface area contributed by atoms with Crippen LogP contribution in [-0.2, 0) is 17.3 Å². The van der Waals surface area contributed by atoms with E-state index in [9.17, 15) is 0 Å². The number of nitriles is 1. The van der Waals surface area contributed by atoms with Gasteiger partial charge < -0.3 is 0 Å². The molecule has 0 saturated carbocycles. The molecule has 146 valence electrons. The zero-order valence-corrected chi connectivity index (χ0v) is 20.6. The summed E-state index contributed by atoms with van der Waals surface area (Å²) in [4.78, 5) is 0. The van der Waals surface area contributed by atoms with Gasteiger partial charge in [-0.25, -0.2) is 0 Å². The number of thiocarbonyl (C=S) groups is 2. The first-order chi connectivity index (χ1) is 13.4. The number of hydrogen-bond donors (Lipinski definition) is 0. The molecule has 0 amide bonds. The minimum atomic E-state index is -0.470. The van der Waals surface area contributed by atoms with E-state index in [1.54, 1.807) is 35.3 Å². The Balaban J connectivity index is 1.71. The van der Waals surface area contributed by atoms with Gasteiger partial charge in [-0.3, -0.25) is 0 Å². The number of thioether (sulfide) groups is 4. The second-order valence-electron chi connectivity index (χ2n) is 6.39. The van der Waals surface area contributed by atoms with Crippen LogP contribution >= 0.6 is 71.5 Å². The molecule has 0 spiro atoms. The monoisotopic (exact) mass is 479 g/mol. The topological polar surface area (TPSA) is 23.8 Å². The lowest BCUT2D eigenvalue weighted by molar-refractivity contribution is 0.921. The van der Waals surface area contributed by atoms with Crippen molar-refractivity contribution in [2.24, 2.45) is 0 Å². The lowest BCUT2D eigenvalue weighted by Gasteiger charge is -2.14. The molecule has 0 atom stereocenters. The molecule has 2 aromatic rings. The highest BCUT2D eigenvalue weighted by Gasteiger charge is 2.20. The normalized spacial score (nSPS) is 11.0. The lowest BCUT2D eigenvalue weighted by Crippen LogP contribution is -2.12. The van der Waals surface area contributed by atoms with Crippen LogP contribution < -0.4 is 0 Å². The Morgan fingerprint density at radius 2 is 1.21 bits per heavy atom. The fourth-order valence-electron chi connectivity index (χ4n) is 2.04. The summed E-state index contributed by atoms with van der Waals surface area (Å²) in [6.45, 7) is 3.78. The molecule has 0 N–H and O–H groups in total. The van der Waals surface area contributed by atoms with Crippen molar-refractivity contribution in [3.05, 3.63) is 71.3 Å². The maximum Gasteiger partial charge on any atom is 0.106 e. The van der Waals surface area contributed by atoms with Gasteiger partial charge in [0, 0.05) is 17.3 Å². The third-order valence-corrected chi connectivity index (χ3v) is 9.07. The molecule has 0 radical (unpaired) electrons. The van der Waals surface area contributed by atoms with E-state index >= 15 is 0 Å². The molecule has 0 saturated heterocycles. The van der Waals surface area contributed by atoms with Crippen LogP contribution in [0, 0.1) is 11.3 Å². The highest BCUT2D eigenvalue weighted by Crippen LogP contribution is 2.32. The highest BCUT2D eigenvalue weighted by atomic mass is 32.2. The van der Waals surface area contributed by atoms with E-state index in [2.05, 4.69) is 54.6 Å². The first kappa shape index (κ1) is 23.8. The molecular weight excluding hydrogens is 459 g/mol. The fourth-order valence-corrected chi connectivity index (χ4v) is 6.81. The summed E-state index contributed by atoms with van der Waals surface area (Å²) in [7, 11) is 0. The highest BCUT2D eigenvalue weighted by molar-refractivity contribution is 8.47. The van der Waals surface area contributed by atoms with Crippen molar-refractivity contribution in [3.8, 4) is 6.07 Å². The van der Waals surface area contributed by atoms with Crippen molar-refractivity contribution < 1.29 is 0 Å². The largest absolute Gasteiger partial charge is 0.197 e. The summed E-state index contributed by atoms with van der Waals surface area (Å²) in [5.41, 5.74) is 3.80. The minimum absolute atomic E-state index is 0.470. The molecule has 0 aliphatic carbocycles. The summed E-state index contributed by atoms with van der Waals surface area (Å²) >= 11 is 17.4. The zero-order chi connectivity index (χ0) is 20.4. The molecule has 0 bridgehead atoms. The van der Waals surface area contributed by atoms with Gasteiger partial charge in [-0.2, -0.15) is 5.26 Å². The van der Waals surface area contributed by atoms with E-state index in [0.717, 1.165) is 24.3 Å². The van der Waals surface area contributed by atoms with Crippen LogP contribution in [0.3, 0.4) is 0 Å². The van der Waals surface area contributed by atoms with Gasteiger partial charge in [0.05, 0.1) is 6.07 Å². The number of hydrogen-bond acceptors (Lipinski definition) is 7. The van der Waals surface area contributed by atoms with Gasteiger partial charge in [0.15, 0.2) is 0 Å². The van der Waals surface area contributed by atoms with Gasteiger partial charge in [-0.15, -0.1) is 35.3 Å². The van der Waals surface area contributed by atoms with Gasteiger partial charge in [-0.1, -0.05) is 90.8 Å². The first-order valence-electron chi connectivity index (χ1n) is 8.56. The van der Waals surface area contributed by atoms with Crippen molar-refractivity contribution in [2.75, 3.05) is 0 Å². The van der Waals surface area contributed by atoms with E-state index in [0.29, 0.717) is 0 Å². The van der Waals surface area contributed by atoms with E-state index in [1.165, 1.54) is 28.5 Å². The summed E-state index contributed by atoms with van der Waals surface area (Å²) < 4.78 is 1.32. The third kappa shape index (κ3) is 9.34. The minimum Gasteiger partial charge on any atom is -0.197 e. The van der Waals surface area contributed by atoms with Gasteiger partial charge in [-0.05, 0) is 30.5 Å². The van der Waals surface area contributed by atoms with E-state index in [4.69, 9.17) is 29.7 Å². The van der Waals surface area contributed by atoms with Gasteiger partial charge >= 0.3 is 0 Å². The van der Waals surface area contributed by atoms with Crippen molar-refractivity contribution in [3.63, 3.8) is 0 Å². The molecule has 0 aliphatic rings. The van der Waals surface area contributed by atoms with Crippen LogP contribution in [0.4, 0.5) is 0 Å². The summed E-state index contributed by atoms with van der Waals surface area (Å²) in [5, 5.41) is 9.09. The molecule has 2 rings (SSSR count). The molecule has 0 aromatic heterocycles. The predicted molar refractivity (Wildman–Crippen MR) is 139 cm³/mol. The maximum absolute atomic E-state index is 9.09. The summed E-state index contributed by atoms with van der Waals surface area (Å²) in [5.74, 6) is 2.63. The first-order valence-corrected chi connectivity index (χ1v) is 13.2. The van der Waals surface area contributed by atoms with E-state index < -0.39 is 4.75 Å². The standard InChI is InChI=1S/C21H21NS6/c1-21(2,15-22)28-20(24)27-14-18-10-8-17(9-11-18)13-26-19(23)25-12-16-6-4-3-5-7-16/h3-11H,12-14H2,1-2H3.